The minimum absolute atomic E-state index is 0.650. The SMILES string of the molecule is c1ccc(Nc2ncc3c(n2)-c2ccccc2CC3)cc1. The number of rotatable bonds is 2. The lowest BCUT2D eigenvalue weighted by Gasteiger charge is -2.19. The molecule has 4 rings (SSSR count). The van der Waals surface area contributed by atoms with Crippen molar-refractivity contribution in [2.45, 2.75) is 12.8 Å². The molecule has 3 nitrogen and oxygen atoms in total. The number of fused-ring (bicyclic) bond motifs is 3. The second-order valence-electron chi connectivity index (χ2n) is 5.22. The lowest BCUT2D eigenvalue weighted by Crippen LogP contribution is -2.08. The van der Waals surface area contributed by atoms with Gasteiger partial charge >= 0.3 is 0 Å². The first-order valence-corrected chi connectivity index (χ1v) is 7.16. The number of hydrogen-bond acceptors (Lipinski definition) is 3. The summed E-state index contributed by atoms with van der Waals surface area (Å²) in [5.74, 6) is 0.650. The van der Waals surface area contributed by atoms with Gasteiger partial charge in [-0.25, -0.2) is 9.97 Å². The van der Waals surface area contributed by atoms with E-state index in [1.165, 1.54) is 16.7 Å². The van der Waals surface area contributed by atoms with Gasteiger partial charge < -0.3 is 5.32 Å². The van der Waals surface area contributed by atoms with Gasteiger partial charge in [-0.05, 0) is 36.1 Å². The lowest BCUT2D eigenvalue weighted by atomic mass is 9.90. The van der Waals surface area contributed by atoms with Crippen LogP contribution in [0, 0.1) is 0 Å². The predicted octanol–water partition coefficient (Wildman–Crippen LogP) is 3.99. The van der Waals surface area contributed by atoms with Crippen LogP contribution in [0.4, 0.5) is 11.6 Å². The molecule has 0 unspecified atom stereocenters. The van der Waals surface area contributed by atoms with Crippen molar-refractivity contribution in [3.8, 4) is 11.3 Å². The molecule has 1 aliphatic rings. The number of benzene rings is 2. The highest BCUT2D eigenvalue weighted by Crippen LogP contribution is 2.32. The van der Waals surface area contributed by atoms with E-state index in [4.69, 9.17) is 4.98 Å². The van der Waals surface area contributed by atoms with Gasteiger partial charge in [-0.15, -0.1) is 0 Å². The summed E-state index contributed by atoms with van der Waals surface area (Å²) in [6, 6.07) is 18.5. The molecule has 0 bridgehead atoms. The molecule has 0 saturated heterocycles. The van der Waals surface area contributed by atoms with E-state index in [9.17, 15) is 0 Å². The van der Waals surface area contributed by atoms with Gasteiger partial charge in [-0.2, -0.15) is 0 Å². The second kappa shape index (κ2) is 5.02. The Bertz CT molecular complexity index is 781. The predicted molar refractivity (Wildman–Crippen MR) is 84.6 cm³/mol. The van der Waals surface area contributed by atoms with Crippen molar-refractivity contribution >= 4 is 11.6 Å². The monoisotopic (exact) mass is 273 g/mol. The van der Waals surface area contributed by atoms with Gasteiger partial charge in [0.05, 0.1) is 5.69 Å². The Morgan fingerprint density at radius 3 is 2.48 bits per heavy atom. The molecule has 1 aliphatic carbocycles. The van der Waals surface area contributed by atoms with Crippen LogP contribution in [0.3, 0.4) is 0 Å². The normalized spacial score (nSPS) is 12.4. The van der Waals surface area contributed by atoms with E-state index < -0.39 is 0 Å². The topological polar surface area (TPSA) is 37.8 Å². The van der Waals surface area contributed by atoms with Gasteiger partial charge in [0.15, 0.2) is 0 Å². The fourth-order valence-corrected chi connectivity index (χ4v) is 2.77. The third kappa shape index (κ3) is 2.27. The van der Waals surface area contributed by atoms with Crippen molar-refractivity contribution in [2.24, 2.45) is 0 Å². The maximum atomic E-state index is 4.73. The van der Waals surface area contributed by atoms with Gasteiger partial charge in [-0.1, -0.05) is 42.5 Å². The van der Waals surface area contributed by atoms with Crippen molar-refractivity contribution in [3.05, 3.63) is 71.9 Å². The molecule has 2 aromatic carbocycles. The number of nitrogens with one attached hydrogen (secondary N) is 1. The molecule has 0 amide bonds. The molecule has 0 fully saturated rings. The van der Waals surface area contributed by atoms with Crippen molar-refractivity contribution in [3.63, 3.8) is 0 Å². The molecule has 3 aromatic rings. The van der Waals surface area contributed by atoms with Crippen LogP contribution in [0.1, 0.15) is 11.1 Å². The number of aryl methyl sites for hydroxylation is 2. The van der Waals surface area contributed by atoms with Crippen LogP contribution in [0.25, 0.3) is 11.3 Å². The molecule has 3 heteroatoms. The zero-order valence-electron chi connectivity index (χ0n) is 11.6. The molecular weight excluding hydrogens is 258 g/mol. The van der Waals surface area contributed by atoms with E-state index in [0.29, 0.717) is 5.95 Å². The van der Waals surface area contributed by atoms with Crippen LogP contribution in [0.2, 0.25) is 0 Å². The molecule has 0 spiro atoms. The molecule has 1 aromatic heterocycles. The van der Waals surface area contributed by atoms with Crippen molar-refractivity contribution in [2.75, 3.05) is 5.32 Å². The molecule has 102 valence electrons. The molecule has 0 atom stereocenters. The Hall–Kier alpha value is -2.68. The average Bonchev–Trinajstić information content (AvgIpc) is 2.56. The first-order chi connectivity index (χ1) is 10.4. The Morgan fingerprint density at radius 2 is 1.57 bits per heavy atom. The summed E-state index contributed by atoms with van der Waals surface area (Å²) >= 11 is 0. The number of hydrogen-bond donors (Lipinski definition) is 1. The van der Waals surface area contributed by atoms with Gasteiger partial charge in [0, 0.05) is 17.4 Å². The summed E-state index contributed by atoms with van der Waals surface area (Å²) in [5.41, 5.74) is 5.89. The zero-order chi connectivity index (χ0) is 14.1. The minimum Gasteiger partial charge on any atom is -0.324 e. The van der Waals surface area contributed by atoms with Crippen LogP contribution < -0.4 is 5.32 Å². The highest BCUT2D eigenvalue weighted by Gasteiger charge is 2.17. The van der Waals surface area contributed by atoms with Crippen LogP contribution in [0.15, 0.2) is 60.8 Å². The number of nitrogens with zero attached hydrogens (tertiary/aromatic N) is 2. The maximum absolute atomic E-state index is 4.73. The standard InChI is InChI=1S/C18H15N3/c1-2-7-15(8-3-1)20-18-19-12-14-11-10-13-6-4-5-9-16(13)17(14)21-18/h1-9,12H,10-11H2,(H,19,20,21). The van der Waals surface area contributed by atoms with E-state index >= 15 is 0 Å². The lowest BCUT2D eigenvalue weighted by molar-refractivity contribution is 0.912. The molecule has 21 heavy (non-hydrogen) atoms. The van der Waals surface area contributed by atoms with Gasteiger partial charge in [0.2, 0.25) is 5.95 Å². The van der Waals surface area contributed by atoms with Crippen molar-refractivity contribution in [1.29, 1.82) is 0 Å². The van der Waals surface area contributed by atoms with E-state index in [1.807, 2.05) is 36.5 Å². The first kappa shape index (κ1) is 12.1. The summed E-state index contributed by atoms with van der Waals surface area (Å²) in [7, 11) is 0. The highest BCUT2D eigenvalue weighted by molar-refractivity contribution is 5.70. The van der Waals surface area contributed by atoms with Crippen molar-refractivity contribution < 1.29 is 0 Å². The summed E-state index contributed by atoms with van der Waals surface area (Å²) in [4.78, 5) is 9.17. The fraction of sp³-hybridized carbons (Fsp3) is 0.111. The molecule has 1 heterocycles. The summed E-state index contributed by atoms with van der Waals surface area (Å²) < 4.78 is 0. The quantitative estimate of drug-likeness (QED) is 0.767. The van der Waals surface area contributed by atoms with Crippen LogP contribution >= 0.6 is 0 Å². The van der Waals surface area contributed by atoms with E-state index in [1.54, 1.807) is 0 Å². The molecule has 0 aliphatic heterocycles. The Morgan fingerprint density at radius 1 is 0.810 bits per heavy atom. The van der Waals surface area contributed by atoms with E-state index in [2.05, 4.69) is 34.6 Å². The van der Waals surface area contributed by atoms with Gasteiger partial charge in [0.1, 0.15) is 0 Å². The number of aromatic nitrogens is 2. The zero-order valence-corrected chi connectivity index (χ0v) is 11.6. The number of anilines is 2. The third-order valence-corrected chi connectivity index (χ3v) is 3.83. The summed E-state index contributed by atoms with van der Waals surface area (Å²) in [6.07, 6.45) is 4.03. The summed E-state index contributed by atoms with van der Waals surface area (Å²) in [6.45, 7) is 0. The largest absolute Gasteiger partial charge is 0.324 e. The van der Waals surface area contributed by atoms with Gasteiger partial charge in [-0.3, -0.25) is 0 Å². The molecule has 0 radical (unpaired) electrons. The van der Waals surface area contributed by atoms with Crippen LogP contribution in [-0.4, -0.2) is 9.97 Å². The Balaban J connectivity index is 1.74. The fourth-order valence-electron chi connectivity index (χ4n) is 2.77. The molecular formula is C18H15N3. The first-order valence-electron chi connectivity index (χ1n) is 7.16. The summed E-state index contributed by atoms with van der Waals surface area (Å²) in [5, 5.41) is 3.26. The van der Waals surface area contributed by atoms with Crippen LogP contribution in [-0.2, 0) is 12.8 Å². The van der Waals surface area contributed by atoms with E-state index in [0.717, 1.165) is 24.2 Å². The Labute approximate surface area is 123 Å². The molecule has 1 N–H and O–H groups in total. The van der Waals surface area contributed by atoms with Crippen LogP contribution in [0.5, 0.6) is 0 Å². The Kier molecular flexibility index (Phi) is 2.89. The minimum atomic E-state index is 0.650. The average molecular weight is 273 g/mol. The smallest absolute Gasteiger partial charge is 0.227 e. The van der Waals surface area contributed by atoms with Crippen molar-refractivity contribution in [1.82, 2.24) is 9.97 Å². The van der Waals surface area contributed by atoms with Gasteiger partial charge in [0.25, 0.3) is 0 Å². The van der Waals surface area contributed by atoms with E-state index in [-0.39, 0.29) is 0 Å². The number of para-hydroxylation sites is 1. The maximum Gasteiger partial charge on any atom is 0.227 e. The molecule has 0 saturated carbocycles. The third-order valence-electron chi connectivity index (χ3n) is 3.83. The second-order valence-corrected chi connectivity index (χ2v) is 5.22. The highest BCUT2D eigenvalue weighted by atomic mass is 15.1.